The molecule has 1 aliphatic rings. The summed E-state index contributed by atoms with van der Waals surface area (Å²) in [6.45, 7) is 0. The van der Waals surface area contributed by atoms with Crippen molar-refractivity contribution in [3.8, 4) is 0 Å². The van der Waals surface area contributed by atoms with Crippen LogP contribution < -0.4 is 16.6 Å². The van der Waals surface area contributed by atoms with E-state index in [4.69, 9.17) is 0 Å². The highest BCUT2D eigenvalue weighted by atomic mass is 79.9. The van der Waals surface area contributed by atoms with Crippen LogP contribution in [0, 0.1) is 5.82 Å². The average molecular weight is 382 g/mol. The lowest BCUT2D eigenvalue weighted by Gasteiger charge is -2.27. The van der Waals surface area contributed by atoms with Gasteiger partial charge in [0, 0.05) is 26.4 Å². The number of carbonyl (C=O) groups excluding carboxylic acids is 1. The van der Waals surface area contributed by atoms with Crippen molar-refractivity contribution in [3.05, 3.63) is 60.5 Å². The number of aromatic nitrogens is 2. The molecule has 0 saturated carbocycles. The molecule has 1 atom stereocenters. The van der Waals surface area contributed by atoms with Gasteiger partial charge in [0.05, 0.1) is 10.0 Å². The average Bonchev–Trinajstić information content (AvgIpc) is 2.52. The van der Waals surface area contributed by atoms with Crippen molar-refractivity contribution in [2.45, 2.75) is 12.3 Å². The Morgan fingerprint density at radius 3 is 2.57 bits per heavy atom. The first-order valence-corrected chi connectivity index (χ1v) is 7.65. The van der Waals surface area contributed by atoms with Crippen molar-refractivity contribution >= 4 is 27.7 Å². The summed E-state index contributed by atoms with van der Waals surface area (Å²) in [6, 6.07) is 4.36. The Bertz CT molecular complexity index is 948. The van der Waals surface area contributed by atoms with Gasteiger partial charge >= 0.3 is 5.69 Å². The van der Waals surface area contributed by atoms with Gasteiger partial charge in [-0.05, 0) is 33.6 Å². The van der Waals surface area contributed by atoms with E-state index in [1.807, 2.05) is 0 Å². The fraction of sp³-hybridized carbons (Fsp3) is 0.267. The quantitative estimate of drug-likeness (QED) is 0.812. The Balaban J connectivity index is 2.31. The van der Waals surface area contributed by atoms with Gasteiger partial charge in [0.1, 0.15) is 11.6 Å². The fourth-order valence-corrected chi connectivity index (χ4v) is 3.22. The summed E-state index contributed by atoms with van der Waals surface area (Å²) in [5.41, 5.74) is -0.0265. The summed E-state index contributed by atoms with van der Waals surface area (Å²) < 4.78 is 16.0. The number of carbonyl (C=O) groups is 1. The van der Waals surface area contributed by atoms with Crippen LogP contribution in [0.2, 0.25) is 0 Å². The molecule has 1 aromatic carbocycles. The Hall–Kier alpha value is -2.22. The van der Waals surface area contributed by atoms with Crippen LogP contribution in [0.5, 0.6) is 0 Å². The highest BCUT2D eigenvalue weighted by Crippen LogP contribution is 2.35. The van der Waals surface area contributed by atoms with E-state index in [1.54, 1.807) is 6.07 Å². The first kappa shape index (κ1) is 15.7. The monoisotopic (exact) mass is 381 g/mol. The van der Waals surface area contributed by atoms with Gasteiger partial charge in [0.2, 0.25) is 5.91 Å². The molecular formula is C15H13BrFN3O3. The predicted molar refractivity (Wildman–Crippen MR) is 86.1 cm³/mol. The zero-order chi connectivity index (χ0) is 16.9. The maximum absolute atomic E-state index is 13.5. The predicted octanol–water partition coefficient (Wildman–Crippen LogP) is 1.46. The largest absolute Gasteiger partial charge is 0.332 e. The van der Waals surface area contributed by atoms with Crippen molar-refractivity contribution in [2.75, 3.05) is 5.32 Å². The molecule has 0 radical (unpaired) electrons. The van der Waals surface area contributed by atoms with Gasteiger partial charge in [0.25, 0.3) is 5.56 Å². The van der Waals surface area contributed by atoms with Crippen LogP contribution >= 0.6 is 15.9 Å². The molecule has 1 N–H and O–H groups in total. The molecule has 6 nitrogen and oxygen atoms in total. The van der Waals surface area contributed by atoms with Crippen LogP contribution in [0.4, 0.5) is 10.2 Å². The highest BCUT2D eigenvalue weighted by molar-refractivity contribution is 9.10. The Morgan fingerprint density at radius 2 is 1.91 bits per heavy atom. The lowest BCUT2D eigenvalue weighted by molar-refractivity contribution is -0.116. The molecule has 1 amide bonds. The topological polar surface area (TPSA) is 73.1 Å². The molecule has 1 aromatic heterocycles. The molecule has 23 heavy (non-hydrogen) atoms. The van der Waals surface area contributed by atoms with E-state index in [1.165, 1.54) is 30.8 Å². The van der Waals surface area contributed by atoms with Gasteiger partial charge in [-0.3, -0.25) is 18.7 Å². The van der Waals surface area contributed by atoms with E-state index in [0.29, 0.717) is 11.1 Å². The van der Waals surface area contributed by atoms with Gasteiger partial charge in [-0.1, -0.05) is 6.07 Å². The van der Waals surface area contributed by atoms with Crippen molar-refractivity contribution in [3.63, 3.8) is 0 Å². The van der Waals surface area contributed by atoms with E-state index < -0.39 is 23.0 Å². The van der Waals surface area contributed by atoms with E-state index in [-0.39, 0.29) is 22.6 Å². The molecule has 0 spiro atoms. The van der Waals surface area contributed by atoms with Crippen LogP contribution in [0.25, 0.3) is 0 Å². The van der Waals surface area contributed by atoms with Gasteiger partial charge < -0.3 is 5.32 Å². The summed E-state index contributed by atoms with van der Waals surface area (Å²) >= 11 is 3.11. The van der Waals surface area contributed by atoms with Crippen molar-refractivity contribution in [1.29, 1.82) is 0 Å². The molecule has 1 aliphatic heterocycles. The lowest BCUT2D eigenvalue weighted by atomic mass is 9.86. The molecule has 8 heteroatoms. The number of nitrogens with zero attached hydrogens (tertiary/aromatic N) is 2. The third kappa shape index (κ3) is 2.42. The number of amides is 1. The zero-order valence-corrected chi connectivity index (χ0v) is 14.0. The van der Waals surface area contributed by atoms with Gasteiger partial charge in [-0.15, -0.1) is 0 Å². The maximum Gasteiger partial charge on any atom is 0.332 e. The van der Waals surface area contributed by atoms with Crippen LogP contribution in [-0.4, -0.2) is 15.0 Å². The van der Waals surface area contributed by atoms with E-state index >= 15 is 0 Å². The third-order valence-electron chi connectivity index (χ3n) is 4.04. The van der Waals surface area contributed by atoms with Gasteiger partial charge in [-0.2, -0.15) is 0 Å². The minimum absolute atomic E-state index is 0.0541. The summed E-state index contributed by atoms with van der Waals surface area (Å²) in [7, 11) is 2.88. The molecule has 3 rings (SSSR count). The van der Waals surface area contributed by atoms with Gasteiger partial charge in [-0.25, -0.2) is 9.18 Å². The van der Waals surface area contributed by atoms with Crippen LogP contribution in [0.15, 0.2) is 32.3 Å². The standard InChI is InChI=1S/C15H13BrFN3O3/c1-19-13-12(14(22)20(2)15(19)23)8(6-11(21)18-13)7-3-4-10(17)9(16)5-7/h3-5,8H,6H2,1-2H3,(H,18,21). The van der Waals surface area contributed by atoms with Crippen LogP contribution in [0.3, 0.4) is 0 Å². The molecule has 0 aliphatic carbocycles. The second-order valence-electron chi connectivity index (χ2n) is 5.45. The van der Waals surface area contributed by atoms with Gasteiger partial charge in [0.15, 0.2) is 0 Å². The number of anilines is 1. The van der Waals surface area contributed by atoms with E-state index in [9.17, 15) is 18.8 Å². The molecule has 0 fully saturated rings. The third-order valence-corrected chi connectivity index (χ3v) is 4.65. The Kier molecular flexibility index (Phi) is 3.71. The smallest absolute Gasteiger partial charge is 0.312 e. The molecule has 2 heterocycles. The molecular weight excluding hydrogens is 369 g/mol. The SMILES string of the molecule is Cn1c2c(c(=O)n(C)c1=O)C(c1ccc(F)c(Br)c1)CC(=O)N2. The summed E-state index contributed by atoms with van der Waals surface area (Å²) in [4.78, 5) is 36.6. The van der Waals surface area contributed by atoms with E-state index in [2.05, 4.69) is 21.2 Å². The first-order chi connectivity index (χ1) is 10.8. The molecule has 120 valence electrons. The van der Waals surface area contributed by atoms with Crippen molar-refractivity contribution in [1.82, 2.24) is 9.13 Å². The maximum atomic E-state index is 13.5. The summed E-state index contributed by atoms with van der Waals surface area (Å²) in [6.07, 6.45) is 0.0541. The van der Waals surface area contributed by atoms with Crippen molar-refractivity contribution < 1.29 is 9.18 Å². The fourth-order valence-electron chi connectivity index (χ4n) is 2.82. The number of fused-ring (bicyclic) bond motifs is 1. The Morgan fingerprint density at radius 1 is 1.22 bits per heavy atom. The van der Waals surface area contributed by atoms with Crippen LogP contribution in [-0.2, 0) is 18.9 Å². The molecule has 0 bridgehead atoms. The number of rotatable bonds is 1. The van der Waals surface area contributed by atoms with Crippen LogP contribution in [0.1, 0.15) is 23.5 Å². The first-order valence-electron chi connectivity index (χ1n) is 6.86. The lowest BCUT2D eigenvalue weighted by Crippen LogP contribution is -2.44. The number of halogens is 2. The van der Waals surface area contributed by atoms with E-state index in [0.717, 1.165) is 4.57 Å². The molecule has 0 saturated heterocycles. The molecule has 1 unspecified atom stereocenters. The minimum Gasteiger partial charge on any atom is -0.312 e. The summed E-state index contributed by atoms with van der Waals surface area (Å²) in [5.74, 6) is -1.07. The normalized spacial score (nSPS) is 16.9. The minimum atomic E-state index is -0.541. The molecule has 2 aromatic rings. The number of nitrogens with one attached hydrogen (secondary N) is 1. The second kappa shape index (κ2) is 5.45. The second-order valence-corrected chi connectivity index (χ2v) is 6.30. The number of hydrogen-bond donors (Lipinski definition) is 1. The Labute approximate surface area is 138 Å². The number of hydrogen-bond acceptors (Lipinski definition) is 3. The zero-order valence-electron chi connectivity index (χ0n) is 12.4. The summed E-state index contributed by atoms with van der Waals surface area (Å²) in [5, 5.41) is 2.59. The van der Waals surface area contributed by atoms with Crippen molar-refractivity contribution in [2.24, 2.45) is 14.1 Å². The highest BCUT2D eigenvalue weighted by Gasteiger charge is 2.32. The number of benzene rings is 1.